The normalized spacial score (nSPS) is 27.1. The standard InChI is InChI=1S/C37H52N2O8/c1-3-4-18-35(42)44-24-15-11-13-17-30(41)32-20-22-34(47-32)33-21-19-31(46-33)29(40)16-12-9-7-5-6-8-10-14-23-37(38-39-37)26-28-25-27(2)45-36(28)43/h1,5,7,25,27,29-34,40-41H,4,6,8,10-11,13-24,26H2,2H3/b7-5-/t27-,29+,30+,31+,32+,33+,34+/m0/s1. The van der Waals surface area contributed by atoms with Crippen molar-refractivity contribution in [2.24, 2.45) is 10.2 Å². The first-order chi connectivity index (χ1) is 22.8. The maximum Gasteiger partial charge on any atom is 0.334 e. The van der Waals surface area contributed by atoms with Crippen molar-refractivity contribution in [3.63, 3.8) is 0 Å². The van der Waals surface area contributed by atoms with Gasteiger partial charge in [0.15, 0.2) is 5.66 Å². The van der Waals surface area contributed by atoms with Gasteiger partial charge in [0.05, 0.1) is 49.7 Å². The van der Waals surface area contributed by atoms with Crippen LogP contribution < -0.4 is 0 Å². The minimum Gasteiger partial charge on any atom is -0.466 e. The topological polar surface area (TPSA) is 136 Å². The van der Waals surface area contributed by atoms with Crippen molar-refractivity contribution in [1.29, 1.82) is 0 Å². The van der Waals surface area contributed by atoms with E-state index >= 15 is 0 Å². The van der Waals surface area contributed by atoms with Crippen LogP contribution in [0.2, 0.25) is 0 Å². The number of aliphatic hydroxyl groups excluding tert-OH is 2. The molecule has 10 nitrogen and oxygen atoms in total. The molecular formula is C37H52N2O8. The van der Waals surface area contributed by atoms with E-state index in [-0.39, 0.29) is 48.9 Å². The van der Waals surface area contributed by atoms with Gasteiger partial charge >= 0.3 is 11.9 Å². The number of esters is 2. The van der Waals surface area contributed by atoms with Gasteiger partial charge in [-0.15, -0.1) is 12.3 Å². The molecule has 0 aromatic carbocycles. The van der Waals surface area contributed by atoms with Gasteiger partial charge in [0, 0.05) is 24.8 Å². The van der Waals surface area contributed by atoms with Crippen LogP contribution >= 0.6 is 0 Å². The third-order valence-corrected chi connectivity index (χ3v) is 9.23. The highest BCUT2D eigenvalue weighted by atomic mass is 16.6. The monoisotopic (exact) mass is 652 g/mol. The minimum atomic E-state index is -0.643. The van der Waals surface area contributed by atoms with Crippen LogP contribution in [0.4, 0.5) is 0 Å². The van der Waals surface area contributed by atoms with Crippen LogP contribution in [0.25, 0.3) is 0 Å². The average Bonchev–Trinajstić information content (AvgIpc) is 3.38. The Balaban J connectivity index is 1.00. The molecule has 47 heavy (non-hydrogen) atoms. The van der Waals surface area contributed by atoms with Crippen LogP contribution in [0.3, 0.4) is 0 Å². The smallest absolute Gasteiger partial charge is 0.334 e. The molecule has 0 saturated carbocycles. The lowest BCUT2D eigenvalue weighted by Crippen LogP contribution is -2.33. The zero-order valence-corrected chi connectivity index (χ0v) is 27.8. The van der Waals surface area contributed by atoms with E-state index in [9.17, 15) is 19.8 Å². The van der Waals surface area contributed by atoms with Crippen LogP contribution in [0.1, 0.15) is 116 Å². The minimum absolute atomic E-state index is 0.0609. The van der Waals surface area contributed by atoms with Gasteiger partial charge in [-0.2, -0.15) is 10.2 Å². The molecule has 0 radical (unpaired) electrons. The van der Waals surface area contributed by atoms with Crippen molar-refractivity contribution in [3.05, 3.63) is 23.8 Å². The molecule has 4 aliphatic heterocycles. The Hall–Kier alpha value is -3.02. The molecule has 0 aliphatic carbocycles. The van der Waals surface area contributed by atoms with Crippen LogP contribution in [0.5, 0.6) is 0 Å². The van der Waals surface area contributed by atoms with Gasteiger partial charge in [0.2, 0.25) is 0 Å². The van der Waals surface area contributed by atoms with Gasteiger partial charge < -0.3 is 29.2 Å². The Morgan fingerprint density at radius 1 is 1.06 bits per heavy atom. The molecule has 258 valence electrons. The molecule has 0 amide bonds. The van der Waals surface area contributed by atoms with E-state index in [1.54, 1.807) is 0 Å². The third-order valence-electron chi connectivity index (χ3n) is 9.23. The van der Waals surface area contributed by atoms with E-state index in [0.717, 1.165) is 77.0 Å². The van der Waals surface area contributed by atoms with E-state index in [1.807, 2.05) is 19.1 Å². The second-order valence-electron chi connectivity index (χ2n) is 13.2. The zero-order valence-electron chi connectivity index (χ0n) is 27.8. The summed E-state index contributed by atoms with van der Waals surface area (Å²) in [6.45, 7) is 2.24. The Morgan fingerprint density at radius 2 is 1.79 bits per heavy atom. The number of terminal acetylenes is 1. The molecule has 7 atom stereocenters. The summed E-state index contributed by atoms with van der Waals surface area (Å²) in [5, 5.41) is 29.7. The molecule has 4 heterocycles. The molecule has 2 N–H and O–H groups in total. The lowest BCUT2D eigenvalue weighted by atomic mass is 9.97. The summed E-state index contributed by atoms with van der Waals surface area (Å²) in [6.07, 6.45) is 21.8. The fourth-order valence-corrected chi connectivity index (χ4v) is 6.48. The third kappa shape index (κ3) is 12.5. The number of ether oxygens (including phenoxy) is 4. The van der Waals surface area contributed by atoms with Crippen molar-refractivity contribution in [3.8, 4) is 24.2 Å². The van der Waals surface area contributed by atoms with E-state index < -0.39 is 17.9 Å². The molecule has 10 heteroatoms. The van der Waals surface area contributed by atoms with Crippen LogP contribution in [-0.2, 0) is 28.5 Å². The first-order valence-corrected chi connectivity index (χ1v) is 17.5. The maximum absolute atomic E-state index is 11.8. The van der Waals surface area contributed by atoms with Gasteiger partial charge in [0.25, 0.3) is 0 Å². The van der Waals surface area contributed by atoms with Gasteiger partial charge in [-0.25, -0.2) is 4.79 Å². The number of cyclic esters (lactones) is 1. The summed E-state index contributed by atoms with van der Waals surface area (Å²) >= 11 is 0. The number of hydrogen-bond acceptors (Lipinski definition) is 10. The molecule has 0 aromatic heterocycles. The number of aliphatic hydroxyl groups is 2. The average molecular weight is 653 g/mol. The summed E-state index contributed by atoms with van der Waals surface area (Å²) in [5.41, 5.74) is 0.275. The van der Waals surface area contributed by atoms with Crippen molar-refractivity contribution < 1.29 is 38.7 Å². The van der Waals surface area contributed by atoms with E-state index in [4.69, 9.17) is 25.4 Å². The molecular weight excluding hydrogens is 600 g/mol. The largest absolute Gasteiger partial charge is 0.466 e. The van der Waals surface area contributed by atoms with Crippen LogP contribution in [-0.4, -0.2) is 77.1 Å². The SMILES string of the molecule is C#CCCC(=O)OCCCCC[C@@H](O)[C@H]1CC[C@H]([C@H]2CC[C@H]([C@H](O)CC#C/C=C\CCCCCC3(CC4=C[C@H](C)OC4=O)N=N3)O2)O1. The maximum atomic E-state index is 11.8. The van der Waals surface area contributed by atoms with E-state index in [2.05, 4.69) is 34.1 Å². The van der Waals surface area contributed by atoms with Gasteiger partial charge in [-0.1, -0.05) is 30.8 Å². The number of unbranched alkanes of at least 4 members (excludes halogenated alkanes) is 5. The van der Waals surface area contributed by atoms with Crippen molar-refractivity contribution in [2.75, 3.05) is 6.61 Å². The summed E-state index contributed by atoms with van der Waals surface area (Å²) < 4.78 is 22.7. The molecule has 2 fully saturated rings. The fraction of sp³-hybridized carbons (Fsp3) is 0.730. The van der Waals surface area contributed by atoms with Crippen LogP contribution in [0.15, 0.2) is 34.0 Å². The predicted molar refractivity (Wildman–Crippen MR) is 176 cm³/mol. The number of nitrogens with zero attached hydrogens (tertiary/aromatic N) is 2. The molecule has 0 aromatic rings. The van der Waals surface area contributed by atoms with E-state index in [1.165, 1.54) is 0 Å². The van der Waals surface area contributed by atoms with Crippen molar-refractivity contribution in [2.45, 2.75) is 164 Å². The summed E-state index contributed by atoms with van der Waals surface area (Å²) in [7, 11) is 0. The Kier molecular flexibility index (Phi) is 15.0. The van der Waals surface area contributed by atoms with Crippen LogP contribution in [0, 0.1) is 24.2 Å². The molecule has 2 saturated heterocycles. The first kappa shape index (κ1) is 36.8. The Morgan fingerprint density at radius 3 is 2.47 bits per heavy atom. The first-order valence-electron chi connectivity index (χ1n) is 17.5. The Labute approximate surface area is 279 Å². The molecule has 4 rings (SSSR count). The molecule has 4 aliphatic rings. The second-order valence-corrected chi connectivity index (χ2v) is 13.2. The summed E-state index contributed by atoms with van der Waals surface area (Å²) in [6, 6.07) is 0. The number of carbonyl (C=O) groups is 2. The lowest BCUT2D eigenvalue weighted by molar-refractivity contribution is -0.143. The highest BCUT2D eigenvalue weighted by Crippen LogP contribution is 2.41. The zero-order chi connectivity index (χ0) is 33.5. The fourth-order valence-electron chi connectivity index (χ4n) is 6.48. The van der Waals surface area contributed by atoms with Crippen molar-refractivity contribution >= 4 is 11.9 Å². The van der Waals surface area contributed by atoms with Gasteiger partial charge in [0.1, 0.15) is 6.10 Å². The number of allylic oxidation sites excluding steroid dienone is 2. The summed E-state index contributed by atoms with van der Waals surface area (Å²) in [4.78, 5) is 23.3. The number of carbonyl (C=O) groups excluding carboxylic acids is 2. The Bertz CT molecular complexity index is 1220. The highest BCUT2D eigenvalue weighted by molar-refractivity contribution is 5.91. The van der Waals surface area contributed by atoms with Gasteiger partial charge in [-0.3, -0.25) is 4.79 Å². The summed E-state index contributed by atoms with van der Waals surface area (Å²) in [5.74, 6) is 8.01. The van der Waals surface area contributed by atoms with Gasteiger partial charge in [-0.05, 0) is 89.7 Å². The predicted octanol–water partition coefficient (Wildman–Crippen LogP) is 5.64. The number of rotatable bonds is 20. The lowest BCUT2D eigenvalue weighted by Gasteiger charge is -2.23. The van der Waals surface area contributed by atoms with Crippen molar-refractivity contribution in [1.82, 2.24) is 0 Å². The molecule has 0 bridgehead atoms. The molecule has 0 spiro atoms. The highest BCUT2D eigenvalue weighted by Gasteiger charge is 2.43. The quantitative estimate of drug-likeness (QED) is 0.0980. The number of hydrogen-bond donors (Lipinski definition) is 2. The van der Waals surface area contributed by atoms with E-state index in [0.29, 0.717) is 37.9 Å². The molecule has 0 unspecified atom stereocenters. The second kappa shape index (κ2) is 19.1.